The summed E-state index contributed by atoms with van der Waals surface area (Å²) in [5.41, 5.74) is 21.3. The van der Waals surface area contributed by atoms with Crippen LogP contribution in [-0.2, 0) is 5.41 Å². The summed E-state index contributed by atoms with van der Waals surface area (Å²) >= 11 is 0. The van der Waals surface area contributed by atoms with Crippen LogP contribution < -0.4 is 14.7 Å². The van der Waals surface area contributed by atoms with Crippen LogP contribution in [0.2, 0.25) is 0 Å². The maximum atomic E-state index is 2.46. The third-order valence-corrected chi connectivity index (χ3v) is 14.2. The predicted octanol–water partition coefficient (Wildman–Crippen LogP) is 18.7. The molecule has 0 aliphatic carbocycles. The van der Waals surface area contributed by atoms with E-state index in [2.05, 4.69) is 314 Å². The van der Waals surface area contributed by atoms with E-state index in [-0.39, 0.29) is 0 Å². The number of hydrogen-bond donors (Lipinski definition) is 0. The van der Waals surface area contributed by atoms with Crippen molar-refractivity contribution in [3.8, 4) is 22.3 Å². The van der Waals surface area contributed by atoms with E-state index < -0.39 is 5.41 Å². The van der Waals surface area contributed by atoms with Gasteiger partial charge in [-0.2, -0.15) is 0 Å². The number of anilines is 9. The second kappa shape index (κ2) is 19.0. The quantitative estimate of drug-likeness (QED) is 0.128. The third kappa shape index (κ3) is 8.01. The lowest BCUT2D eigenvalue weighted by Gasteiger charge is -2.47. The molecular formula is C69H53N3. The fraction of sp³-hybridized carbons (Fsp3) is 0.0435. The highest BCUT2D eigenvalue weighted by atomic mass is 15.2. The van der Waals surface area contributed by atoms with E-state index in [9.17, 15) is 0 Å². The Balaban J connectivity index is 1.04. The summed E-state index contributed by atoms with van der Waals surface area (Å²) in [5, 5.41) is 0. The fourth-order valence-electron chi connectivity index (χ4n) is 10.8. The van der Waals surface area contributed by atoms with Crippen LogP contribution in [-0.4, -0.2) is 0 Å². The summed E-state index contributed by atoms with van der Waals surface area (Å²) in [5.74, 6) is 0. The number of aryl methyl sites for hydroxylation is 2. The van der Waals surface area contributed by atoms with Crippen LogP contribution in [0.25, 0.3) is 22.3 Å². The number of hydrogen-bond acceptors (Lipinski definition) is 3. The minimum absolute atomic E-state index is 0.708. The topological polar surface area (TPSA) is 9.72 Å². The molecule has 1 aliphatic rings. The zero-order chi connectivity index (χ0) is 48.4. The van der Waals surface area contributed by atoms with Gasteiger partial charge in [-0.1, -0.05) is 199 Å². The van der Waals surface area contributed by atoms with Gasteiger partial charge in [0.1, 0.15) is 0 Å². The van der Waals surface area contributed by atoms with Gasteiger partial charge in [0.15, 0.2) is 0 Å². The molecule has 0 radical (unpaired) electrons. The van der Waals surface area contributed by atoms with Gasteiger partial charge >= 0.3 is 0 Å². The van der Waals surface area contributed by atoms with E-state index in [1.165, 1.54) is 55.6 Å². The highest BCUT2D eigenvalue weighted by molar-refractivity contribution is 5.90. The van der Waals surface area contributed by atoms with Crippen molar-refractivity contribution in [1.29, 1.82) is 0 Å². The molecule has 1 aliphatic heterocycles. The molecule has 0 fully saturated rings. The standard InChI is InChI=1S/C69H53N3/c1-50-27-38-64(39-28-50)72-67-26-16-15-25-65(67)69(66-49-51(2)29-48-68(66)72,56-34-44-62(45-35-56)70(58-21-11-5-12-22-58)60-40-30-54(31-41-60)52-17-7-3-8-18-52)57-36-46-63(47-37-57)71(59-23-13-6-14-24-59)61-42-32-55(33-43-61)53-19-9-4-10-20-53/h3-49H,1-2H3. The first-order valence-electron chi connectivity index (χ1n) is 24.8. The summed E-state index contributed by atoms with van der Waals surface area (Å²) in [6, 6.07) is 104. The number of benzene rings is 11. The van der Waals surface area contributed by atoms with E-state index in [0.29, 0.717) is 0 Å². The van der Waals surface area contributed by atoms with Crippen LogP contribution >= 0.6 is 0 Å². The van der Waals surface area contributed by atoms with Crippen molar-refractivity contribution in [3.05, 3.63) is 318 Å². The summed E-state index contributed by atoms with van der Waals surface area (Å²) < 4.78 is 0. The molecule has 344 valence electrons. The summed E-state index contributed by atoms with van der Waals surface area (Å²) in [6.45, 7) is 4.37. The second-order valence-corrected chi connectivity index (χ2v) is 18.7. The minimum atomic E-state index is -0.708. The monoisotopic (exact) mass is 923 g/mol. The summed E-state index contributed by atoms with van der Waals surface area (Å²) in [7, 11) is 0. The van der Waals surface area contributed by atoms with Crippen molar-refractivity contribution in [3.63, 3.8) is 0 Å². The number of para-hydroxylation sites is 3. The molecule has 0 N–H and O–H groups in total. The van der Waals surface area contributed by atoms with Gasteiger partial charge in [0, 0.05) is 39.8 Å². The Bertz CT molecular complexity index is 3420. The van der Waals surface area contributed by atoms with E-state index in [4.69, 9.17) is 0 Å². The maximum absolute atomic E-state index is 2.46. The van der Waals surface area contributed by atoms with Crippen LogP contribution in [0.15, 0.2) is 285 Å². The van der Waals surface area contributed by atoms with E-state index >= 15 is 0 Å². The highest BCUT2D eigenvalue weighted by Gasteiger charge is 2.46. The molecule has 0 amide bonds. The van der Waals surface area contributed by atoms with Gasteiger partial charge in [-0.15, -0.1) is 0 Å². The van der Waals surface area contributed by atoms with Gasteiger partial charge in [-0.05, 0) is 155 Å². The number of rotatable bonds is 11. The molecule has 0 saturated heterocycles. The fourth-order valence-corrected chi connectivity index (χ4v) is 10.8. The number of nitrogens with zero attached hydrogens (tertiary/aromatic N) is 3. The Morgan fingerprint density at radius 1 is 0.278 bits per heavy atom. The highest BCUT2D eigenvalue weighted by Crippen LogP contribution is 2.58. The molecular weight excluding hydrogens is 871 g/mol. The Morgan fingerprint density at radius 3 is 1.08 bits per heavy atom. The van der Waals surface area contributed by atoms with Crippen molar-refractivity contribution in [2.24, 2.45) is 0 Å². The van der Waals surface area contributed by atoms with Crippen molar-refractivity contribution >= 4 is 51.2 Å². The van der Waals surface area contributed by atoms with Crippen LogP contribution in [0.3, 0.4) is 0 Å². The SMILES string of the molecule is Cc1ccc(N2c3ccccc3C(c3ccc(N(c4ccccc4)c4ccc(-c5ccccc5)cc4)cc3)(c3ccc(N(c4ccccc4)c4ccc(-c5ccccc5)cc4)cc3)c3cc(C)ccc32)cc1. The maximum Gasteiger partial charge on any atom is 0.0742 e. The van der Waals surface area contributed by atoms with Crippen LogP contribution in [0.1, 0.15) is 33.4 Å². The largest absolute Gasteiger partial charge is 0.311 e. The smallest absolute Gasteiger partial charge is 0.0742 e. The second-order valence-electron chi connectivity index (χ2n) is 18.7. The Labute approximate surface area is 423 Å². The molecule has 0 spiro atoms. The van der Waals surface area contributed by atoms with Crippen molar-refractivity contribution in [1.82, 2.24) is 0 Å². The predicted molar refractivity (Wildman–Crippen MR) is 303 cm³/mol. The molecule has 0 atom stereocenters. The molecule has 72 heavy (non-hydrogen) atoms. The molecule has 0 aromatic heterocycles. The van der Waals surface area contributed by atoms with Gasteiger partial charge in [-0.3, -0.25) is 0 Å². The Hall–Kier alpha value is -9.18. The molecule has 12 rings (SSSR count). The first kappa shape index (κ1) is 44.1. The van der Waals surface area contributed by atoms with Crippen molar-refractivity contribution in [2.75, 3.05) is 14.7 Å². The van der Waals surface area contributed by atoms with Gasteiger partial charge in [-0.25, -0.2) is 0 Å². The summed E-state index contributed by atoms with van der Waals surface area (Å²) in [6.07, 6.45) is 0. The first-order valence-corrected chi connectivity index (χ1v) is 24.8. The zero-order valence-corrected chi connectivity index (χ0v) is 40.5. The van der Waals surface area contributed by atoms with E-state index in [0.717, 1.165) is 51.2 Å². The molecule has 0 saturated carbocycles. The van der Waals surface area contributed by atoms with Gasteiger partial charge in [0.25, 0.3) is 0 Å². The van der Waals surface area contributed by atoms with Gasteiger partial charge in [0.2, 0.25) is 0 Å². The molecule has 0 unspecified atom stereocenters. The Kier molecular flexibility index (Phi) is 11.6. The van der Waals surface area contributed by atoms with Crippen LogP contribution in [0.4, 0.5) is 51.2 Å². The minimum Gasteiger partial charge on any atom is -0.311 e. The molecule has 1 heterocycles. The summed E-state index contributed by atoms with van der Waals surface area (Å²) in [4.78, 5) is 7.17. The van der Waals surface area contributed by atoms with Crippen LogP contribution in [0.5, 0.6) is 0 Å². The lowest BCUT2D eigenvalue weighted by Crippen LogP contribution is -2.38. The lowest BCUT2D eigenvalue weighted by molar-refractivity contribution is 0.730. The van der Waals surface area contributed by atoms with Crippen LogP contribution in [0, 0.1) is 13.8 Å². The zero-order valence-electron chi connectivity index (χ0n) is 40.5. The molecule has 3 nitrogen and oxygen atoms in total. The first-order chi connectivity index (χ1) is 35.5. The van der Waals surface area contributed by atoms with Gasteiger partial charge < -0.3 is 14.7 Å². The normalized spacial score (nSPS) is 12.4. The lowest BCUT2D eigenvalue weighted by atomic mass is 9.62. The van der Waals surface area contributed by atoms with Gasteiger partial charge in [0.05, 0.1) is 16.8 Å². The molecule has 3 heteroatoms. The van der Waals surface area contributed by atoms with E-state index in [1.54, 1.807) is 0 Å². The third-order valence-electron chi connectivity index (χ3n) is 14.2. The molecule has 0 bridgehead atoms. The van der Waals surface area contributed by atoms with E-state index in [1.807, 2.05) is 0 Å². The number of fused-ring (bicyclic) bond motifs is 2. The average molecular weight is 924 g/mol. The molecule has 11 aromatic carbocycles. The van der Waals surface area contributed by atoms with Crippen molar-refractivity contribution in [2.45, 2.75) is 19.3 Å². The Morgan fingerprint density at radius 2 is 0.625 bits per heavy atom. The average Bonchev–Trinajstić information content (AvgIpc) is 3.45. The molecule has 11 aromatic rings. The van der Waals surface area contributed by atoms with Crippen molar-refractivity contribution < 1.29 is 0 Å².